The standard InChI is InChI=1S/C18H14F5N5O/c1-10(14-6-5-13(19)8-15(14)20)24-16(29)9-28-26-17(25-27-28)11-3-2-4-12(7-11)18(21,22)23/h2-8,10H,9H2,1H3,(H,24,29)/t10-/m0/s1. The maximum Gasteiger partial charge on any atom is 0.416 e. The molecule has 11 heteroatoms. The lowest BCUT2D eigenvalue weighted by Crippen LogP contribution is -2.31. The summed E-state index contributed by atoms with van der Waals surface area (Å²) in [6, 6.07) is 6.63. The molecular formula is C18H14F5N5O. The van der Waals surface area contributed by atoms with Crippen LogP contribution < -0.4 is 5.32 Å². The van der Waals surface area contributed by atoms with Crippen LogP contribution in [0.5, 0.6) is 0 Å². The van der Waals surface area contributed by atoms with E-state index in [4.69, 9.17) is 0 Å². The van der Waals surface area contributed by atoms with Crippen molar-refractivity contribution in [2.24, 2.45) is 0 Å². The minimum atomic E-state index is -4.52. The quantitative estimate of drug-likeness (QED) is 0.653. The number of nitrogens with one attached hydrogen (secondary N) is 1. The van der Waals surface area contributed by atoms with E-state index in [1.807, 2.05) is 0 Å². The molecule has 6 nitrogen and oxygen atoms in total. The number of carbonyl (C=O) groups excluding carboxylic acids is 1. The number of carbonyl (C=O) groups is 1. The van der Waals surface area contributed by atoms with Gasteiger partial charge in [-0.3, -0.25) is 4.79 Å². The molecule has 0 fully saturated rings. The average molecular weight is 411 g/mol. The van der Waals surface area contributed by atoms with Gasteiger partial charge in [-0.1, -0.05) is 18.2 Å². The van der Waals surface area contributed by atoms with Gasteiger partial charge in [0.2, 0.25) is 11.7 Å². The first-order valence-corrected chi connectivity index (χ1v) is 8.33. The topological polar surface area (TPSA) is 72.7 Å². The number of hydrogen-bond acceptors (Lipinski definition) is 4. The lowest BCUT2D eigenvalue weighted by Gasteiger charge is -2.14. The molecule has 0 spiro atoms. The first kappa shape index (κ1) is 20.4. The van der Waals surface area contributed by atoms with Crippen LogP contribution in [0.4, 0.5) is 22.0 Å². The Kier molecular flexibility index (Phi) is 5.57. The Bertz CT molecular complexity index is 1030. The van der Waals surface area contributed by atoms with E-state index in [9.17, 15) is 26.7 Å². The summed E-state index contributed by atoms with van der Waals surface area (Å²) < 4.78 is 65.2. The van der Waals surface area contributed by atoms with Crippen molar-refractivity contribution in [1.82, 2.24) is 25.5 Å². The zero-order valence-corrected chi connectivity index (χ0v) is 14.9. The maximum absolute atomic E-state index is 13.8. The van der Waals surface area contributed by atoms with Crippen LogP contribution in [0.15, 0.2) is 42.5 Å². The van der Waals surface area contributed by atoms with Crippen molar-refractivity contribution in [3.63, 3.8) is 0 Å². The third kappa shape index (κ3) is 4.92. The third-order valence-corrected chi connectivity index (χ3v) is 3.99. The summed E-state index contributed by atoms with van der Waals surface area (Å²) >= 11 is 0. The molecule has 1 amide bonds. The van der Waals surface area contributed by atoms with Gasteiger partial charge in [0.1, 0.15) is 18.2 Å². The number of nitrogens with zero attached hydrogens (tertiary/aromatic N) is 4. The van der Waals surface area contributed by atoms with E-state index in [1.54, 1.807) is 0 Å². The number of tetrazole rings is 1. The number of amides is 1. The van der Waals surface area contributed by atoms with Gasteiger partial charge in [0.15, 0.2) is 0 Å². The highest BCUT2D eigenvalue weighted by Crippen LogP contribution is 2.31. The largest absolute Gasteiger partial charge is 0.416 e. The van der Waals surface area contributed by atoms with Gasteiger partial charge in [0, 0.05) is 17.2 Å². The van der Waals surface area contributed by atoms with Crippen molar-refractivity contribution < 1.29 is 26.7 Å². The number of alkyl halides is 3. The molecule has 152 valence electrons. The summed E-state index contributed by atoms with van der Waals surface area (Å²) in [4.78, 5) is 13.0. The minimum Gasteiger partial charge on any atom is -0.348 e. The number of rotatable bonds is 5. The Balaban J connectivity index is 1.68. The smallest absolute Gasteiger partial charge is 0.348 e. The molecule has 1 N–H and O–H groups in total. The van der Waals surface area contributed by atoms with Crippen molar-refractivity contribution in [1.29, 1.82) is 0 Å². The molecule has 29 heavy (non-hydrogen) atoms. The van der Waals surface area contributed by atoms with Gasteiger partial charge in [-0.2, -0.15) is 18.0 Å². The summed E-state index contributed by atoms with van der Waals surface area (Å²) in [5.74, 6) is -2.21. The van der Waals surface area contributed by atoms with E-state index in [1.165, 1.54) is 25.1 Å². The molecule has 0 saturated carbocycles. The van der Waals surface area contributed by atoms with Crippen molar-refractivity contribution in [2.45, 2.75) is 25.7 Å². The second-order valence-corrected chi connectivity index (χ2v) is 6.18. The maximum atomic E-state index is 13.8. The van der Waals surface area contributed by atoms with Crippen LogP contribution in [0.2, 0.25) is 0 Å². The van der Waals surface area contributed by atoms with Crippen molar-refractivity contribution in [3.8, 4) is 11.4 Å². The van der Waals surface area contributed by atoms with Crippen molar-refractivity contribution in [3.05, 3.63) is 65.2 Å². The second kappa shape index (κ2) is 7.94. The summed E-state index contributed by atoms with van der Waals surface area (Å²) in [7, 11) is 0. The van der Waals surface area contributed by atoms with E-state index < -0.39 is 35.3 Å². The SMILES string of the molecule is C[C@H](NC(=O)Cn1nnc(-c2cccc(C(F)(F)F)c2)n1)c1ccc(F)cc1F. The molecule has 0 aliphatic heterocycles. The lowest BCUT2D eigenvalue weighted by atomic mass is 10.1. The van der Waals surface area contributed by atoms with Gasteiger partial charge in [-0.25, -0.2) is 8.78 Å². The number of halogens is 5. The van der Waals surface area contributed by atoms with Gasteiger partial charge < -0.3 is 5.32 Å². The van der Waals surface area contributed by atoms with E-state index >= 15 is 0 Å². The fourth-order valence-corrected chi connectivity index (χ4v) is 2.61. The van der Waals surface area contributed by atoms with E-state index in [0.29, 0.717) is 6.07 Å². The van der Waals surface area contributed by atoms with Crippen LogP contribution >= 0.6 is 0 Å². The monoisotopic (exact) mass is 411 g/mol. The summed E-state index contributed by atoms with van der Waals surface area (Å²) in [6.45, 7) is 1.12. The number of hydrogen-bond donors (Lipinski definition) is 1. The van der Waals surface area contributed by atoms with Crippen molar-refractivity contribution in [2.75, 3.05) is 0 Å². The number of aromatic nitrogens is 4. The van der Waals surface area contributed by atoms with Crippen molar-refractivity contribution >= 4 is 5.91 Å². The second-order valence-electron chi connectivity index (χ2n) is 6.18. The van der Waals surface area contributed by atoms with E-state index in [-0.39, 0.29) is 23.5 Å². The highest BCUT2D eigenvalue weighted by atomic mass is 19.4. The van der Waals surface area contributed by atoms with Gasteiger partial charge in [-0.15, -0.1) is 10.2 Å². The molecule has 3 aromatic rings. The van der Waals surface area contributed by atoms with Gasteiger partial charge in [-0.05, 0) is 30.3 Å². The molecule has 3 rings (SSSR count). The summed E-state index contributed by atoms with van der Waals surface area (Å²) in [6.07, 6.45) is -4.52. The summed E-state index contributed by atoms with van der Waals surface area (Å²) in [5, 5.41) is 13.7. The molecule has 0 aliphatic carbocycles. The highest BCUT2D eigenvalue weighted by Gasteiger charge is 2.30. The normalized spacial score (nSPS) is 12.6. The van der Waals surface area contributed by atoms with Crippen LogP contribution in [-0.2, 0) is 17.5 Å². The molecule has 1 heterocycles. The Morgan fingerprint density at radius 3 is 2.62 bits per heavy atom. The van der Waals surface area contributed by atoms with E-state index in [0.717, 1.165) is 23.0 Å². The first-order chi connectivity index (χ1) is 13.6. The van der Waals surface area contributed by atoms with Crippen LogP contribution in [0.3, 0.4) is 0 Å². The average Bonchev–Trinajstić information content (AvgIpc) is 3.09. The van der Waals surface area contributed by atoms with Gasteiger partial charge in [0.25, 0.3) is 0 Å². The summed E-state index contributed by atoms with van der Waals surface area (Å²) in [5.41, 5.74) is -0.677. The molecular weight excluding hydrogens is 397 g/mol. The predicted octanol–water partition coefficient (Wildman–Crippen LogP) is 3.51. The van der Waals surface area contributed by atoms with Gasteiger partial charge >= 0.3 is 6.18 Å². The minimum absolute atomic E-state index is 0.0819. The van der Waals surface area contributed by atoms with Crippen LogP contribution in [0.1, 0.15) is 24.1 Å². The molecule has 0 unspecified atom stereocenters. The molecule has 0 bridgehead atoms. The molecule has 0 aliphatic rings. The zero-order valence-electron chi connectivity index (χ0n) is 14.9. The Labute approximate surface area is 161 Å². The molecule has 1 atom stereocenters. The Hall–Kier alpha value is -3.37. The van der Waals surface area contributed by atoms with Crippen LogP contribution in [-0.4, -0.2) is 26.1 Å². The fraction of sp³-hybridized carbons (Fsp3) is 0.222. The predicted molar refractivity (Wildman–Crippen MR) is 91.2 cm³/mol. The molecule has 1 aromatic heterocycles. The molecule has 0 saturated heterocycles. The highest BCUT2D eigenvalue weighted by molar-refractivity contribution is 5.76. The lowest BCUT2D eigenvalue weighted by molar-refractivity contribution is -0.137. The Morgan fingerprint density at radius 1 is 1.17 bits per heavy atom. The Morgan fingerprint density at radius 2 is 1.93 bits per heavy atom. The fourth-order valence-electron chi connectivity index (χ4n) is 2.61. The number of benzene rings is 2. The third-order valence-electron chi connectivity index (χ3n) is 3.99. The molecule has 2 aromatic carbocycles. The van der Waals surface area contributed by atoms with Crippen LogP contribution in [0.25, 0.3) is 11.4 Å². The molecule has 0 radical (unpaired) electrons. The zero-order chi connectivity index (χ0) is 21.2. The van der Waals surface area contributed by atoms with E-state index in [2.05, 4.69) is 20.7 Å². The van der Waals surface area contributed by atoms with Gasteiger partial charge in [0.05, 0.1) is 11.6 Å². The first-order valence-electron chi connectivity index (χ1n) is 8.33. The van der Waals surface area contributed by atoms with Crippen LogP contribution in [0, 0.1) is 11.6 Å².